The van der Waals surface area contributed by atoms with Crippen LogP contribution in [0.5, 0.6) is 0 Å². The Bertz CT molecular complexity index is 632. The Balaban J connectivity index is 3.43. The van der Waals surface area contributed by atoms with E-state index in [1.165, 1.54) is 23.0 Å². The molecule has 1 rings (SSSR count). The molecule has 21 heavy (non-hydrogen) atoms. The van der Waals surface area contributed by atoms with Crippen LogP contribution in [-0.2, 0) is 14.7 Å². The fourth-order valence-corrected chi connectivity index (χ4v) is 3.91. The van der Waals surface area contributed by atoms with Crippen LogP contribution in [0.15, 0.2) is 46.9 Å². The lowest BCUT2D eigenvalue weighted by atomic mass is 10.3. The van der Waals surface area contributed by atoms with Gasteiger partial charge in [-0.2, -0.15) is 0 Å². The lowest BCUT2D eigenvalue weighted by Gasteiger charge is -2.10. The highest BCUT2D eigenvalue weighted by Crippen LogP contribution is 2.31. The van der Waals surface area contributed by atoms with Crippen molar-refractivity contribution >= 4 is 38.6 Å². The summed E-state index contributed by atoms with van der Waals surface area (Å²) in [4.78, 5) is 12.7. The van der Waals surface area contributed by atoms with Gasteiger partial charge in [0.05, 0.1) is 7.11 Å². The third-order valence-corrected chi connectivity index (χ3v) is 4.73. The van der Waals surface area contributed by atoms with E-state index >= 15 is 0 Å². The first-order chi connectivity index (χ1) is 9.96. The van der Waals surface area contributed by atoms with Gasteiger partial charge in [0.15, 0.2) is 10.0 Å². The normalized spacial score (nSPS) is 13.4. The van der Waals surface area contributed by atoms with Crippen molar-refractivity contribution in [2.24, 2.45) is 0 Å². The maximum Gasteiger partial charge on any atom is 0.355 e. The number of hydrogen-bond donors (Lipinski definition) is 0. The number of rotatable bonds is 6. The molecule has 0 saturated heterocycles. The summed E-state index contributed by atoms with van der Waals surface area (Å²) in [6, 6.07) is 1.61. The third kappa shape index (κ3) is 4.36. The van der Waals surface area contributed by atoms with Crippen LogP contribution in [0.2, 0.25) is 0 Å². The molecule has 1 atom stereocenters. The SMILES string of the molecule is C=C/C=C(\C=C/C)Sn1c(S(=O)Cl)cc(C)c1C(=O)OC. The largest absolute Gasteiger partial charge is 0.464 e. The van der Waals surface area contributed by atoms with Gasteiger partial charge in [-0.1, -0.05) is 24.8 Å². The predicted octanol–water partition coefficient (Wildman–Crippen LogP) is 3.99. The number of ether oxygens (including phenoxy) is 1. The molecule has 7 heteroatoms. The van der Waals surface area contributed by atoms with Crippen LogP contribution >= 0.6 is 22.6 Å². The number of methoxy groups -OCH3 is 1. The van der Waals surface area contributed by atoms with Gasteiger partial charge in [0.2, 0.25) is 0 Å². The molecule has 0 aliphatic heterocycles. The van der Waals surface area contributed by atoms with Crippen molar-refractivity contribution in [3.05, 3.63) is 53.1 Å². The van der Waals surface area contributed by atoms with Crippen LogP contribution in [0.4, 0.5) is 0 Å². The van der Waals surface area contributed by atoms with E-state index in [1.807, 2.05) is 19.1 Å². The molecular formula is C14H16ClNO3S2. The van der Waals surface area contributed by atoms with Gasteiger partial charge in [-0.15, -0.1) is 0 Å². The molecule has 114 valence electrons. The van der Waals surface area contributed by atoms with Crippen LogP contribution in [0.1, 0.15) is 23.0 Å². The molecule has 0 saturated carbocycles. The average Bonchev–Trinajstić information content (AvgIpc) is 2.75. The highest BCUT2D eigenvalue weighted by Gasteiger charge is 2.23. The van der Waals surface area contributed by atoms with Crippen LogP contribution in [-0.4, -0.2) is 21.3 Å². The van der Waals surface area contributed by atoms with Crippen LogP contribution < -0.4 is 0 Å². The smallest absolute Gasteiger partial charge is 0.355 e. The summed E-state index contributed by atoms with van der Waals surface area (Å²) >= 11 is 1.23. The summed E-state index contributed by atoms with van der Waals surface area (Å²) in [6.07, 6.45) is 7.12. The van der Waals surface area contributed by atoms with E-state index in [1.54, 1.807) is 25.1 Å². The van der Waals surface area contributed by atoms with E-state index in [9.17, 15) is 9.00 Å². The van der Waals surface area contributed by atoms with Gasteiger partial charge in [0, 0.05) is 4.91 Å². The van der Waals surface area contributed by atoms with Gasteiger partial charge in [-0.3, -0.25) is 3.97 Å². The Kier molecular flexibility index (Phi) is 7.01. The maximum atomic E-state index is 11.9. The second kappa shape index (κ2) is 8.26. The summed E-state index contributed by atoms with van der Waals surface area (Å²) in [7, 11) is 5.26. The van der Waals surface area contributed by atoms with Crippen LogP contribution in [0.25, 0.3) is 0 Å². The van der Waals surface area contributed by atoms with Crippen LogP contribution in [0.3, 0.4) is 0 Å². The first-order valence-corrected chi connectivity index (χ1v) is 8.73. The summed E-state index contributed by atoms with van der Waals surface area (Å²) < 4.78 is 18.0. The van der Waals surface area contributed by atoms with E-state index < -0.39 is 16.0 Å². The number of esters is 1. The minimum absolute atomic E-state index is 0.311. The van der Waals surface area contributed by atoms with E-state index in [0.29, 0.717) is 16.3 Å². The topological polar surface area (TPSA) is 48.3 Å². The number of nitrogens with zero attached hydrogens (tertiary/aromatic N) is 1. The van der Waals surface area contributed by atoms with Gasteiger partial charge >= 0.3 is 5.97 Å². The van der Waals surface area contributed by atoms with Gasteiger partial charge in [0.25, 0.3) is 0 Å². The van der Waals surface area contributed by atoms with Crippen molar-refractivity contribution in [1.82, 2.24) is 3.97 Å². The number of allylic oxidation sites excluding steroid dienone is 4. The lowest BCUT2D eigenvalue weighted by Crippen LogP contribution is -2.09. The summed E-state index contributed by atoms with van der Waals surface area (Å²) in [5.41, 5.74) is 0.961. The molecule has 0 bridgehead atoms. The quantitative estimate of drug-likeness (QED) is 0.444. The molecule has 1 aromatic rings. The fraction of sp³-hybridized carbons (Fsp3) is 0.214. The molecule has 4 nitrogen and oxygen atoms in total. The number of hydrogen-bond acceptors (Lipinski definition) is 4. The summed E-state index contributed by atoms with van der Waals surface area (Å²) in [5.74, 6) is -0.508. The molecule has 0 aromatic carbocycles. The maximum absolute atomic E-state index is 11.9. The number of carbonyl (C=O) groups is 1. The number of aryl methyl sites for hydroxylation is 1. The molecule has 1 aromatic heterocycles. The molecule has 1 heterocycles. The van der Waals surface area contributed by atoms with Crippen molar-refractivity contribution in [3.63, 3.8) is 0 Å². The zero-order valence-electron chi connectivity index (χ0n) is 12.0. The van der Waals surface area contributed by atoms with Crippen molar-refractivity contribution in [2.75, 3.05) is 7.11 Å². The van der Waals surface area contributed by atoms with Crippen LogP contribution in [0, 0.1) is 6.92 Å². The molecule has 0 amide bonds. The van der Waals surface area contributed by atoms with E-state index in [2.05, 4.69) is 6.58 Å². The highest BCUT2D eigenvalue weighted by atomic mass is 35.7. The lowest BCUT2D eigenvalue weighted by molar-refractivity contribution is 0.0592. The molecule has 0 aliphatic carbocycles. The second-order valence-corrected chi connectivity index (χ2v) is 6.64. The van der Waals surface area contributed by atoms with Crippen molar-refractivity contribution in [1.29, 1.82) is 0 Å². The first kappa shape index (κ1) is 17.8. The van der Waals surface area contributed by atoms with Crippen molar-refractivity contribution in [3.8, 4) is 0 Å². The standard InChI is InChI=1S/C14H16ClNO3S2/c1-5-7-11(8-6-2)20-16-12(21(15)18)9-10(3)13(16)14(17)19-4/h5-9H,1H2,2-4H3/b8-6-,11-7+. The van der Waals surface area contributed by atoms with E-state index in [4.69, 9.17) is 15.4 Å². The molecule has 1 unspecified atom stereocenters. The molecule has 0 aliphatic rings. The Morgan fingerprint density at radius 3 is 2.71 bits per heavy atom. The zero-order chi connectivity index (χ0) is 16.0. The Morgan fingerprint density at radius 2 is 2.24 bits per heavy atom. The van der Waals surface area contributed by atoms with Crippen molar-refractivity contribution in [2.45, 2.75) is 18.9 Å². The average molecular weight is 346 g/mol. The minimum Gasteiger partial charge on any atom is -0.464 e. The fourth-order valence-electron chi connectivity index (χ4n) is 1.63. The van der Waals surface area contributed by atoms with Crippen molar-refractivity contribution < 1.29 is 13.7 Å². The third-order valence-electron chi connectivity index (χ3n) is 2.47. The second-order valence-electron chi connectivity index (χ2n) is 3.92. The Morgan fingerprint density at radius 1 is 1.57 bits per heavy atom. The highest BCUT2D eigenvalue weighted by molar-refractivity contribution is 8.09. The zero-order valence-corrected chi connectivity index (χ0v) is 14.3. The molecule has 0 N–H and O–H groups in total. The van der Waals surface area contributed by atoms with E-state index in [-0.39, 0.29) is 0 Å². The van der Waals surface area contributed by atoms with Gasteiger partial charge in [0.1, 0.15) is 10.7 Å². The number of halogens is 1. The van der Waals surface area contributed by atoms with E-state index in [0.717, 1.165) is 4.91 Å². The molecule has 0 fully saturated rings. The predicted molar refractivity (Wildman–Crippen MR) is 88.9 cm³/mol. The summed E-state index contributed by atoms with van der Waals surface area (Å²) in [6.45, 7) is 7.26. The monoisotopic (exact) mass is 345 g/mol. The molecule has 0 radical (unpaired) electrons. The molecular weight excluding hydrogens is 330 g/mol. The Labute approximate surface area is 135 Å². The van der Waals surface area contributed by atoms with Gasteiger partial charge in [-0.25, -0.2) is 9.00 Å². The van der Waals surface area contributed by atoms with Gasteiger partial charge < -0.3 is 4.74 Å². The minimum atomic E-state index is -1.74. The number of aromatic nitrogens is 1. The first-order valence-electron chi connectivity index (χ1n) is 5.98. The summed E-state index contributed by atoms with van der Waals surface area (Å²) in [5, 5.41) is 0.332. The molecule has 0 spiro atoms. The Hall–Kier alpha value is -1.24. The van der Waals surface area contributed by atoms with Gasteiger partial charge in [-0.05, 0) is 54.2 Å². The number of carbonyl (C=O) groups excluding carboxylic acids is 1.